The zero-order valence-electron chi connectivity index (χ0n) is 11.4. The maximum Gasteiger partial charge on any atom is 0.280 e. The smallest absolute Gasteiger partial charge is 0.280 e. The van der Waals surface area contributed by atoms with Crippen molar-refractivity contribution in [3.63, 3.8) is 0 Å². The highest BCUT2D eigenvalue weighted by atomic mass is 16.6. The van der Waals surface area contributed by atoms with Gasteiger partial charge in [-0.25, -0.2) is 0 Å². The normalized spacial score (nSPS) is 10.0. The molecule has 1 N–H and O–H groups in total. The molecule has 1 aromatic carbocycles. The molecule has 0 aromatic heterocycles. The van der Waals surface area contributed by atoms with Crippen LogP contribution in [0.15, 0.2) is 12.1 Å². The molecule has 0 radical (unpaired) electrons. The van der Waals surface area contributed by atoms with Crippen molar-refractivity contribution in [2.45, 2.75) is 26.7 Å². The lowest BCUT2D eigenvalue weighted by molar-refractivity contribution is -0.394. The van der Waals surface area contributed by atoms with Crippen molar-refractivity contribution in [2.75, 3.05) is 0 Å². The van der Waals surface area contributed by atoms with Crippen LogP contribution in [-0.4, -0.2) is 21.7 Å². The summed E-state index contributed by atoms with van der Waals surface area (Å²) >= 11 is 0. The van der Waals surface area contributed by atoms with E-state index in [1.165, 1.54) is 6.92 Å². The fourth-order valence-electron chi connectivity index (χ4n) is 1.77. The number of nitro groups is 2. The molecule has 0 aliphatic rings. The van der Waals surface area contributed by atoms with Crippen LogP contribution in [-0.2, 0) is 11.2 Å². The van der Waals surface area contributed by atoms with Crippen molar-refractivity contribution in [2.24, 2.45) is 0 Å². The highest BCUT2D eigenvalue weighted by Crippen LogP contribution is 2.29. The minimum atomic E-state index is -0.884. The molecule has 0 spiro atoms. The third-order valence-electron chi connectivity index (χ3n) is 2.79. The first-order valence-corrected chi connectivity index (χ1v) is 6.11. The van der Waals surface area contributed by atoms with E-state index in [4.69, 9.17) is 0 Å². The van der Waals surface area contributed by atoms with Crippen LogP contribution in [0.1, 0.15) is 36.2 Å². The predicted molar refractivity (Wildman–Crippen MR) is 71.9 cm³/mol. The molecule has 2 amide bonds. The Hall–Kier alpha value is -2.84. The number of non-ortho nitro benzene ring substituents is 1. The Morgan fingerprint density at radius 2 is 1.76 bits per heavy atom. The molecule has 0 unspecified atom stereocenters. The number of amides is 2. The van der Waals surface area contributed by atoms with Gasteiger partial charge in [-0.1, -0.05) is 13.8 Å². The number of nitrogens with one attached hydrogen (secondary N) is 1. The third kappa shape index (κ3) is 3.59. The van der Waals surface area contributed by atoms with E-state index >= 15 is 0 Å². The van der Waals surface area contributed by atoms with Crippen molar-refractivity contribution in [3.05, 3.63) is 43.5 Å². The zero-order valence-corrected chi connectivity index (χ0v) is 11.4. The van der Waals surface area contributed by atoms with Gasteiger partial charge in [0.15, 0.2) is 0 Å². The molecule has 0 fully saturated rings. The van der Waals surface area contributed by atoms with E-state index in [-0.39, 0.29) is 24.0 Å². The monoisotopic (exact) mass is 295 g/mol. The van der Waals surface area contributed by atoms with Crippen LogP contribution >= 0.6 is 0 Å². The highest BCUT2D eigenvalue weighted by molar-refractivity contribution is 6.06. The zero-order chi connectivity index (χ0) is 16.2. The van der Waals surface area contributed by atoms with Crippen LogP contribution < -0.4 is 5.32 Å². The van der Waals surface area contributed by atoms with E-state index in [1.54, 1.807) is 6.92 Å². The number of carbonyl (C=O) groups is 2. The molecular formula is C12H13N3O6. The summed E-state index contributed by atoms with van der Waals surface area (Å²) in [6.07, 6.45) is 0.168. The van der Waals surface area contributed by atoms with Crippen LogP contribution in [0.3, 0.4) is 0 Å². The summed E-state index contributed by atoms with van der Waals surface area (Å²) in [7, 11) is 0. The minimum absolute atomic E-state index is 0.0459. The molecule has 9 nitrogen and oxygen atoms in total. The molecule has 9 heteroatoms. The fourth-order valence-corrected chi connectivity index (χ4v) is 1.77. The SMILES string of the molecule is CCC(=O)NC(=O)c1cc([N+](=O)[O-])cc([N+](=O)[O-])c1CC. The molecule has 112 valence electrons. The van der Waals surface area contributed by atoms with Gasteiger partial charge in [-0.2, -0.15) is 0 Å². The largest absolute Gasteiger partial charge is 0.292 e. The lowest BCUT2D eigenvalue weighted by Gasteiger charge is -2.08. The standard InChI is InChI=1S/C12H13N3O6/c1-3-8-9(12(17)13-11(16)4-2)5-7(14(18)19)6-10(8)15(20)21/h5-6H,3-4H2,1-2H3,(H,13,16,17). The molecule has 1 aromatic rings. The molecule has 0 atom stereocenters. The molecule has 0 saturated heterocycles. The lowest BCUT2D eigenvalue weighted by atomic mass is 10.0. The molecule has 0 saturated carbocycles. The number of benzene rings is 1. The second kappa shape index (κ2) is 6.55. The van der Waals surface area contributed by atoms with E-state index in [1.807, 2.05) is 5.32 Å². The quantitative estimate of drug-likeness (QED) is 0.649. The van der Waals surface area contributed by atoms with Gasteiger partial charge in [0.2, 0.25) is 5.91 Å². The second-order valence-corrected chi connectivity index (χ2v) is 4.09. The van der Waals surface area contributed by atoms with Crippen LogP contribution in [0.5, 0.6) is 0 Å². The van der Waals surface area contributed by atoms with Gasteiger partial charge >= 0.3 is 0 Å². The van der Waals surface area contributed by atoms with Crippen LogP contribution in [0, 0.1) is 20.2 Å². The second-order valence-electron chi connectivity index (χ2n) is 4.09. The molecule has 1 rings (SSSR count). The fraction of sp³-hybridized carbons (Fsp3) is 0.333. The lowest BCUT2D eigenvalue weighted by Crippen LogP contribution is -2.30. The van der Waals surface area contributed by atoms with Crippen molar-refractivity contribution < 1.29 is 19.4 Å². The average Bonchev–Trinajstić information content (AvgIpc) is 2.44. The number of hydrogen-bond donors (Lipinski definition) is 1. The summed E-state index contributed by atoms with van der Waals surface area (Å²) in [5, 5.41) is 23.8. The highest BCUT2D eigenvalue weighted by Gasteiger charge is 2.26. The Balaban J connectivity index is 3.47. The van der Waals surface area contributed by atoms with Crippen LogP contribution in [0.4, 0.5) is 11.4 Å². The molecule has 21 heavy (non-hydrogen) atoms. The van der Waals surface area contributed by atoms with Gasteiger partial charge < -0.3 is 0 Å². The number of carbonyl (C=O) groups excluding carboxylic acids is 2. The Labute approximate surface area is 119 Å². The van der Waals surface area contributed by atoms with Gasteiger partial charge in [-0.15, -0.1) is 0 Å². The van der Waals surface area contributed by atoms with Crippen molar-refractivity contribution in [1.82, 2.24) is 5.32 Å². The average molecular weight is 295 g/mol. The molecule has 0 aliphatic heterocycles. The van der Waals surface area contributed by atoms with Crippen LogP contribution in [0.2, 0.25) is 0 Å². The predicted octanol–water partition coefficient (Wildman–Crippen LogP) is 1.73. The summed E-state index contributed by atoms with van der Waals surface area (Å²) in [6.45, 7) is 3.10. The van der Waals surface area contributed by atoms with Gasteiger partial charge in [-0.05, 0) is 6.42 Å². The number of nitro benzene ring substituents is 2. The number of imide groups is 1. The van der Waals surface area contributed by atoms with E-state index in [9.17, 15) is 29.8 Å². The Morgan fingerprint density at radius 3 is 2.19 bits per heavy atom. The topological polar surface area (TPSA) is 132 Å². The molecule has 0 aliphatic carbocycles. The number of hydrogen-bond acceptors (Lipinski definition) is 6. The summed E-state index contributed by atoms with van der Waals surface area (Å²) in [4.78, 5) is 43.4. The Morgan fingerprint density at radius 1 is 1.14 bits per heavy atom. The minimum Gasteiger partial charge on any atom is -0.292 e. The van der Waals surface area contributed by atoms with Crippen molar-refractivity contribution in [1.29, 1.82) is 0 Å². The maximum absolute atomic E-state index is 12.0. The third-order valence-corrected chi connectivity index (χ3v) is 2.79. The van der Waals surface area contributed by atoms with E-state index in [0.717, 1.165) is 12.1 Å². The molecule has 0 bridgehead atoms. The summed E-state index contributed by atoms with van der Waals surface area (Å²) in [5.41, 5.74) is -1.28. The van der Waals surface area contributed by atoms with E-state index in [0.29, 0.717) is 0 Å². The number of nitrogens with zero attached hydrogens (tertiary/aromatic N) is 2. The van der Waals surface area contributed by atoms with Crippen LogP contribution in [0.25, 0.3) is 0 Å². The van der Waals surface area contributed by atoms with E-state index < -0.39 is 33.0 Å². The number of rotatable bonds is 5. The Kier molecular flexibility index (Phi) is 5.06. The molecule has 0 heterocycles. The first kappa shape index (κ1) is 16.2. The maximum atomic E-state index is 12.0. The van der Waals surface area contributed by atoms with E-state index in [2.05, 4.69) is 0 Å². The van der Waals surface area contributed by atoms with Crippen molar-refractivity contribution >= 4 is 23.2 Å². The van der Waals surface area contributed by atoms with Gasteiger partial charge in [0.25, 0.3) is 17.3 Å². The van der Waals surface area contributed by atoms with Crippen molar-refractivity contribution in [3.8, 4) is 0 Å². The van der Waals surface area contributed by atoms with Gasteiger partial charge in [-0.3, -0.25) is 35.1 Å². The summed E-state index contributed by atoms with van der Waals surface area (Å²) in [5.74, 6) is -1.46. The molecular weight excluding hydrogens is 282 g/mol. The Bertz CT molecular complexity index is 626. The van der Waals surface area contributed by atoms with Gasteiger partial charge in [0, 0.05) is 18.1 Å². The summed E-state index contributed by atoms with van der Waals surface area (Å²) < 4.78 is 0. The van der Waals surface area contributed by atoms with Gasteiger partial charge in [0.05, 0.1) is 21.5 Å². The first-order valence-electron chi connectivity index (χ1n) is 6.11. The summed E-state index contributed by atoms with van der Waals surface area (Å²) in [6, 6.07) is 1.74. The first-order chi connectivity index (χ1) is 9.81. The van der Waals surface area contributed by atoms with Gasteiger partial charge in [0.1, 0.15) is 0 Å².